The summed E-state index contributed by atoms with van der Waals surface area (Å²) in [6, 6.07) is 1.82. The van der Waals surface area contributed by atoms with Crippen molar-refractivity contribution in [1.82, 2.24) is 14.5 Å². The number of carboxylic acid groups (broad SMARTS) is 1. The Morgan fingerprint density at radius 3 is 2.81 bits per heavy atom. The minimum atomic E-state index is -0.995. The van der Waals surface area contributed by atoms with Crippen molar-refractivity contribution in [2.75, 3.05) is 0 Å². The van der Waals surface area contributed by atoms with Crippen LogP contribution in [-0.2, 0) is 6.54 Å². The van der Waals surface area contributed by atoms with Gasteiger partial charge in [-0.1, -0.05) is 0 Å². The summed E-state index contributed by atoms with van der Waals surface area (Å²) in [5, 5.41) is 10.2. The first kappa shape index (κ1) is 13.9. The maximum absolute atomic E-state index is 12.4. The van der Waals surface area contributed by atoms with Gasteiger partial charge in [-0.25, -0.2) is 14.8 Å². The Morgan fingerprint density at radius 1 is 1.38 bits per heavy atom. The molecule has 0 fully saturated rings. The van der Waals surface area contributed by atoms with E-state index in [2.05, 4.69) is 9.97 Å². The molecule has 0 atom stereocenters. The van der Waals surface area contributed by atoms with Gasteiger partial charge in [-0.3, -0.25) is 9.36 Å². The molecule has 1 N–H and O–H groups in total. The fraction of sp³-hybridized carbons (Fsp3) is 0.231. The minimum absolute atomic E-state index is 0.130. The molecule has 0 aliphatic heterocycles. The van der Waals surface area contributed by atoms with E-state index in [0.29, 0.717) is 16.1 Å². The molecule has 0 aliphatic carbocycles. The van der Waals surface area contributed by atoms with Crippen LogP contribution >= 0.6 is 22.7 Å². The fourth-order valence-electron chi connectivity index (χ4n) is 2.06. The predicted molar refractivity (Wildman–Crippen MR) is 81.5 cm³/mol. The van der Waals surface area contributed by atoms with Gasteiger partial charge in [0.05, 0.1) is 24.0 Å². The first-order valence-corrected chi connectivity index (χ1v) is 7.74. The third-order valence-corrected chi connectivity index (χ3v) is 5.07. The SMILES string of the molecule is Cc1cc2c(=O)n(Cc3nc(C)c(C(=O)O)s3)cnc2s1. The molecule has 21 heavy (non-hydrogen) atoms. The summed E-state index contributed by atoms with van der Waals surface area (Å²) in [4.78, 5) is 33.8. The Hall–Kier alpha value is -2.06. The lowest BCUT2D eigenvalue weighted by Crippen LogP contribution is -2.20. The molecule has 6 nitrogen and oxygen atoms in total. The molecular weight excluding hydrogens is 310 g/mol. The normalized spacial score (nSPS) is 11.1. The van der Waals surface area contributed by atoms with Crippen molar-refractivity contribution in [2.24, 2.45) is 0 Å². The number of hydrogen-bond donors (Lipinski definition) is 1. The molecule has 0 unspecified atom stereocenters. The van der Waals surface area contributed by atoms with Gasteiger partial charge in [-0.2, -0.15) is 0 Å². The van der Waals surface area contributed by atoms with Crippen molar-refractivity contribution in [3.63, 3.8) is 0 Å². The maximum atomic E-state index is 12.4. The first-order chi connectivity index (χ1) is 9.95. The molecule has 0 aromatic carbocycles. The second-order valence-electron chi connectivity index (χ2n) is 4.58. The van der Waals surface area contributed by atoms with Crippen LogP contribution in [0.1, 0.15) is 25.3 Å². The third-order valence-electron chi connectivity index (χ3n) is 2.98. The topological polar surface area (TPSA) is 85.1 Å². The smallest absolute Gasteiger partial charge is 0.347 e. The van der Waals surface area contributed by atoms with Crippen LogP contribution in [0.15, 0.2) is 17.2 Å². The lowest BCUT2D eigenvalue weighted by Gasteiger charge is -2.01. The molecule has 0 bridgehead atoms. The summed E-state index contributed by atoms with van der Waals surface area (Å²) in [5.41, 5.74) is 0.338. The van der Waals surface area contributed by atoms with Crippen molar-refractivity contribution < 1.29 is 9.90 Å². The lowest BCUT2D eigenvalue weighted by molar-refractivity contribution is 0.0701. The molecule has 0 saturated carbocycles. The molecule has 0 radical (unpaired) electrons. The summed E-state index contributed by atoms with van der Waals surface area (Å²) in [7, 11) is 0. The largest absolute Gasteiger partial charge is 0.477 e. The van der Waals surface area contributed by atoms with Gasteiger partial charge in [0.1, 0.15) is 14.7 Å². The van der Waals surface area contributed by atoms with Gasteiger partial charge in [0.15, 0.2) is 0 Å². The van der Waals surface area contributed by atoms with E-state index in [0.717, 1.165) is 21.0 Å². The molecule has 0 amide bonds. The number of aromatic carboxylic acids is 1. The average Bonchev–Trinajstić information content (AvgIpc) is 2.96. The van der Waals surface area contributed by atoms with Gasteiger partial charge < -0.3 is 5.11 Å². The molecule has 3 heterocycles. The Labute approximate surface area is 127 Å². The van der Waals surface area contributed by atoms with Gasteiger partial charge in [0.25, 0.3) is 5.56 Å². The summed E-state index contributed by atoms with van der Waals surface area (Å²) in [5.74, 6) is -0.995. The number of nitrogens with zero attached hydrogens (tertiary/aromatic N) is 3. The van der Waals surface area contributed by atoms with Crippen LogP contribution in [0.3, 0.4) is 0 Å². The summed E-state index contributed by atoms with van der Waals surface area (Å²) < 4.78 is 1.46. The zero-order chi connectivity index (χ0) is 15.1. The van der Waals surface area contributed by atoms with Crippen LogP contribution in [0.4, 0.5) is 0 Å². The number of thiophene rings is 1. The Morgan fingerprint density at radius 2 is 2.14 bits per heavy atom. The Bertz CT molecular complexity index is 907. The number of fused-ring (bicyclic) bond motifs is 1. The van der Waals surface area contributed by atoms with Crippen molar-refractivity contribution in [3.8, 4) is 0 Å². The zero-order valence-corrected chi connectivity index (χ0v) is 12.9. The van der Waals surface area contributed by atoms with Gasteiger partial charge in [0.2, 0.25) is 0 Å². The summed E-state index contributed by atoms with van der Waals surface area (Å²) >= 11 is 2.56. The van der Waals surface area contributed by atoms with Gasteiger partial charge >= 0.3 is 5.97 Å². The minimum Gasteiger partial charge on any atom is -0.477 e. The molecule has 0 saturated heterocycles. The average molecular weight is 321 g/mol. The van der Waals surface area contributed by atoms with Crippen molar-refractivity contribution in [1.29, 1.82) is 0 Å². The van der Waals surface area contributed by atoms with Crippen LogP contribution < -0.4 is 5.56 Å². The van der Waals surface area contributed by atoms with Crippen LogP contribution in [-0.4, -0.2) is 25.6 Å². The predicted octanol–water partition coefficient (Wildman–Crippen LogP) is 2.28. The highest BCUT2D eigenvalue weighted by molar-refractivity contribution is 7.18. The number of aryl methyl sites for hydroxylation is 2. The number of carboxylic acids is 1. The maximum Gasteiger partial charge on any atom is 0.347 e. The van der Waals surface area contributed by atoms with Crippen LogP contribution in [0.5, 0.6) is 0 Å². The number of carbonyl (C=O) groups is 1. The number of aromatic nitrogens is 3. The highest BCUT2D eigenvalue weighted by atomic mass is 32.1. The monoisotopic (exact) mass is 321 g/mol. The van der Waals surface area contributed by atoms with Crippen molar-refractivity contribution >= 4 is 38.9 Å². The number of thiazole rings is 1. The summed E-state index contributed by atoms with van der Waals surface area (Å²) in [6.07, 6.45) is 1.48. The zero-order valence-electron chi connectivity index (χ0n) is 11.3. The quantitative estimate of drug-likeness (QED) is 0.800. The third kappa shape index (κ3) is 2.47. The highest BCUT2D eigenvalue weighted by Gasteiger charge is 2.15. The Kier molecular flexibility index (Phi) is 3.34. The van der Waals surface area contributed by atoms with E-state index in [-0.39, 0.29) is 17.0 Å². The molecular formula is C13H11N3O3S2. The van der Waals surface area contributed by atoms with Crippen LogP contribution in [0, 0.1) is 13.8 Å². The van der Waals surface area contributed by atoms with Crippen molar-refractivity contribution in [3.05, 3.63) is 43.2 Å². The van der Waals surface area contributed by atoms with Gasteiger partial charge in [0, 0.05) is 4.88 Å². The molecule has 3 rings (SSSR count). The molecule has 0 aliphatic rings. The molecule has 3 aromatic heterocycles. The lowest BCUT2D eigenvalue weighted by atomic mass is 10.3. The number of hydrogen-bond acceptors (Lipinski definition) is 6. The molecule has 0 spiro atoms. The van der Waals surface area contributed by atoms with E-state index in [1.165, 1.54) is 22.2 Å². The van der Waals surface area contributed by atoms with Crippen LogP contribution in [0.25, 0.3) is 10.2 Å². The standard InChI is InChI=1S/C13H11N3O3S2/c1-6-3-8-11(20-6)14-5-16(12(8)17)4-9-15-7(2)10(21-9)13(18)19/h3,5H,4H2,1-2H3,(H,18,19). The van der Waals surface area contributed by atoms with E-state index >= 15 is 0 Å². The van der Waals surface area contributed by atoms with E-state index in [9.17, 15) is 9.59 Å². The second kappa shape index (κ2) is 5.05. The van der Waals surface area contributed by atoms with Gasteiger partial charge in [-0.15, -0.1) is 22.7 Å². The molecule has 108 valence electrons. The van der Waals surface area contributed by atoms with Gasteiger partial charge in [-0.05, 0) is 19.9 Å². The second-order valence-corrected chi connectivity index (χ2v) is 6.90. The van der Waals surface area contributed by atoms with E-state index in [4.69, 9.17) is 5.11 Å². The molecule has 8 heteroatoms. The van der Waals surface area contributed by atoms with E-state index < -0.39 is 5.97 Å². The summed E-state index contributed by atoms with van der Waals surface area (Å²) in [6.45, 7) is 3.81. The van der Waals surface area contributed by atoms with Crippen LogP contribution in [0.2, 0.25) is 0 Å². The van der Waals surface area contributed by atoms with E-state index in [1.807, 2.05) is 13.0 Å². The number of rotatable bonds is 3. The van der Waals surface area contributed by atoms with Crippen molar-refractivity contribution in [2.45, 2.75) is 20.4 Å². The Balaban J connectivity index is 2.02. The fourth-order valence-corrected chi connectivity index (χ4v) is 3.80. The molecule has 3 aromatic rings. The highest BCUT2D eigenvalue weighted by Crippen LogP contribution is 2.21. The first-order valence-electron chi connectivity index (χ1n) is 6.11. The van der Waals surface area contributed by atoms with E-state index in [1.54, 1.807) is 6.92 Å².